The summed E-state index contributed by atoms with van der Waals surface area (Å²) in [6.45, 7) is 37.1. The standard InChI is InChI=1S/2C23H26ClN5OS.C23H24N4O2.C20H17ClF3N5OS/c1-12-13(2)31-21-18(12)19(15-7-9-16(24)10-8-15)26-17(11-25-22(30)23(4,5)6)20-28-27-14(3)29(20)21;1-12-13(2)31-22-19(12)20(15-7-9-16(24)10-8-15)25-17(11-18(30)26-23(4,5)6)21-28-27-14(3)29(21)22;1-15-25-26-22-18(14-20(28)29-23(2,3)4)24-21(16-10-6-5-7-11-16)17-12-8-9-13-19(17)27(15)22;1-9-10(2)31-18-15(9)16(12-4-6-13(21)7-5-12)26-14(8-25-19(30)20(22,23)24)17-28-27-11(3)29(17)18/h7-10,17H,11H2,1-6H3,(H,25,30);7-10,17H,11H2,1-6H3,(H,26,30);5-13,18H,14H2,1-4H3;4-7,14H,8H2,1-3H3,(H,25,30)/t2*17-;;/m11../s1. The summed E-state index contributed by atoms with van der Waals surface area (Å²) in [5.74, 6) is 2.93. The molecule has 0 bridgehead atoms. The highest BCUT2D eigenvalue weighted by Gasteiger charge is 2.41. The Morgan fingerprint density at radius 1 is 0.410 bits per heavy atom. The highest BCUT2D eigenvalue weighted by atomic mass is 35.5. The van der Waals surface area contributed by atoms with Crippen molar-refractivity contribution >= 4 is 115 Å². The number of ether oxygens (including phenoxy) is 1. The molecule has 0 aliphatic carbocycles. The number of fused-ring (bicyclic) bond motifs is 12. The number of rotatable bonds is 12. The molecule has 16 rings (SSSR count). The Bertz CT molecular complexity index is 5940. The highest BCUT2D eigenvalue weighted by Crippen LogP contribution is 2.44. The molecule has 122 heavy (non-hydrogen) atoms. The number of aryl methyl sites for hydroxylation is 7. The van der Waals surface area contributed by atoms with Gasteiger partial charge in [0.25, 0.3) is 0 Å². The van der Waals surface area contributed by atoms with E-state index in [4.69, 9.17) is 59.5 Å². The molecule has 3 amide bonds. The molecule has 4 aliphatic rings. The monoisotopic (exact) mass is 1770 g/mol. The first-order valence-electron chi connectivity index (χ1n) is 39.4. The summed E-state index contributed by atoms with van der Waals surface area (Å²) in [6.07, 6.45) is -4.69. The number of hydrogen-bond acceptors (Lipinski definition) is 20. The average molecular weight is 1770 g/mol. The summed E-state index contributed by atoms with van der Waals surface area (Å²) in [4.78, 5) is 73.0. The smallest absolute Gasteiger partial charge is 0.460 e. The number of halogens is 6. The van der Waals surface area contributed by atoms with Crippen LogP contribution in [-0.4, -0.2) is 136 Å². The van der Waals surface area contributed by atoms with Gasteiger partial charge >= 0.3 is 18.1 Å². The lowest BCUT2D eigenvalue weighted by atomic mass is 9.95. The van der Waals surface area contributed by atoms with Crippen LogP contribution in [0.25, 0.3) is 20.7 Å². The molecule has 7 aromatic heterocycles. The molecule has 0 saturated heterocycles. The zero-order valence-corrected chi connectivity index (χ0v) is 75.7. The van der Waals surface area contributed by atoms with E-state index in [1.54, 1.807) is 46.3 Å². The molecule has 24 nitrogen and oxygen atoms in total. The quantitative estimate of drug-likeness (QED) is 0.0960. The summed E-state index contributed by atoms with van der Waals surface area (Å²) in [5, 5.41) is 47.3. The summed E-state index contributed by atoms with van der Waals surface area (Å²) in [5.41, 5.74) is 13.8. The summed E-state index contributed by atoms with van der Waals surface area (Å²) in [6, 6.07) is 38.4. The van der Waals surface area contributed by atoms with Crippen LogP contribution in [0.1, 0.15) is 222 Å². The summed E-state index contributed by atoms with van der Waals surface area (Å²) >= 11 is 23.3. The first-order valence-corrected chi connectivity index (χ1v) is 43.0. The Kier molecular flexibility index (Phi) is 25.8. The van der Waals surface area contributed by atoms with Gasteiger partial charge in [0, 0.05) is 98.3 Å². The molecule has 5 aromatic carbocycles. The van der Waals surface area contributed by atoms with Crippen LogP contribution in [0.5, 0.6) is 0 Å². The SMILES string of the molecule is Cc1nnc2n1-c1ccccc1C(c1ccccc1)=NC2CC(=O)OC(C)(C)C.Cc1sc2c(c1C)C(c1ccc(Cl)cc1)=NC(CNC(=O)C(F)(F)F)c1nnc(C)n1-2.Cc1sc2c(c1C)C(c1ccc(Cl)cc1)=N[C@H](CC(=O)NC(C)(C)C)c1nnc(C)n1-2.Cc1sc2c(c1C)C(c1ccc(Cl)cc1)=N[C@H](CNC(=O)C(C)(C)C)c1nnc(C)n1-2. The fourth-order valence-corrected chi connectivity index (χ4v) is 18.4. The van der Waals surface area contributed by atoms with Gasteiger partial charge in [0.05, 0.1) is 41.4 Å². The fourth-order valence-electron chi connectivity index (χ4n) is 14.3. The summed E-state index contributed by atoms with van der Waals surface area (Å²) in [7, 11) is 0. The Morgan fingerprint density at radius 2 is 0.746 bits per heavy atom. The Hall–Kier alpha value is -11.0. The zero-order chi connectivity index (χ0) is 88.1. The number of amides is 3. The molecule has 11 heterocycles. The van der Waals surface area contributed by atoms with Crippen molar-refractivity contribution in [3.63, 3.8) is 0 Å². The number of para-hydroxylation sites is 1. The van der Waals surface area contributed by atoms with Crippen LogP contribution in [0.15, 0.2) is 147 Å². The molecule has 12 aromatic rings. The highest BCUT2D eigenvalue weighted by molar-refractivity contribution is 7.16. The second-order valence-electron chi connectivity index (χ2n) is 33.0. The summed E-state index contributed by atoms with van der Waals surface area (Å²) < 4.78 is 51.7. The third-order valence-corrected chi connectivity index (χ3v) is 24.8. The molecule has 3 N–H and O–H groups in total. The van der Waals surface area contributed by atoms with Crippen LogP contribution in [0.4, 0.5) is 13.2 Å². The molecule has 33 heteroatoms. The first-order chi connectivity index (χ1) is 57.5. The normalized spacial score (nSPS) is 15.7. The van der Waals surface area contributed by atoms with Gasteiger partial charge in [0.1, 0.15) is 68.1 Å². The maximum Gasteiger partial charge on any atom is 0.471 e. The minimum Gasteiger partial charge on any atom is -0.460 e. The maximum atomic E-state index is 12.8. The molecular weight excluding hydrogens is 1670 g/mol. The van der Waals surface area contributed by atoms with Crippen molar-refractivity contribution in [2.24, 2.45) is 25.4 Å². The molecule has 4 aliphatic heterocycles. The van der Waals surface area contributed by atoms with Crippen molar-refractivity contribution in [2.45, 2.75) is 186 Å². The molecule has 0 spiro atoms. The lowest BCUT2D eigenvalue weighted by Gasteiger charge is -2.21. The largest absolute Gasteiger partial charge is 0.471 e. The number of aromatic nitrogens is 12. The van der Waals surface area contributed by atoms with Gasteiger partial charge in [-0.2, -0.15) is 13.2 Å². The molecular formula is C89H93Cl3F3N19O5S3. The predicted molar refractivity (Wildman–Crippen MR) is 475 cm³/mol. The van der Waals surface area contributed by atoms with Crippen molar-refractivity contribution in [1.29, 1.82) is 0 Å². The maximum absolute atomic E-state index is 12.8. The van der Waals surface area contributed by atoms with Crippen molar-refractivity contribution in [1.82, 2.24) is 75.0 Å². The van der Waals surface area contributed by atoms with Gasteiger partial charge < -0.3 is 20.7 Å². The number of esters is 1. The third-order valence-electron chi connectivity index (χ3n) is 20.5. The van der Waals surface area contributed by atoms with E-state index in [-0.39, 0.29) is 48.8 Å². The lowest BCUT2D eigenvalue weighted by Crippen LogP contribution is -2.41. The fraction of sp³-hybridized carbons (Fsp3) is 0.348. The first kappa shape index (κ1) is 88.8. The van der Waals surface area contributed by atoms with E-state index < -0.39 is 41.2 Å². The number of carbonyl (C=O) groups excluding carboxylic acids is 4. The molecule has 634 valence electrons. The topological polar surface area (TPSA) is 286 Å². The Morgan fingerprint density at radius 3 is 1.13 bits per heavy atom. The number of benzene rings is 5. The van der Waals surface area contributed by atoms with Gasteiger partial charge in [-0.25, -0.2) is 0 Å². The molecule has 0 fully saturated rings. The van der Waals surface area contributed by atoms with Crippen LogP contribution in [0.2, 0.25) is 15.1 Å². The van der Waals surface area contributed by atoms with E-state index >= 15 is 0 Å². The zero-order valence-electron chi connectivity index (χ0n) is 71.0. The van der Waals surface area contributed by atoms with Gasteiger partial charge in [0.2, 0.25) is 11.8 Å². The molecule has 2 unspecified atom stereocenters. The van der Waals surface area contributed by atoms with E-state index in [0.29, 0.717) is 50.6 Å². The minimum atomic E-state index is -4.98. The number of nitrogens with one attached hydrogen (secondary N) is 3. The number of hydrogen-bond donors (Lipinski definition) is 3. The minimum absolute atomic E-state index is 0.0235. The van der Waals surface area contributed by atoms with E-state index in [0.717, 1.165) is 116 Å². The Labute approximate surface area is 732 Å². The van der Waals surface area contributed by atoms with E-state index in [9.17, 15) is 32.3 Å². The van der Waals surface area contributed by atoms with E-state index in [1.807, 2.05) is 222 Å². The lowest BCUT2D eigenvalue weighted by molar-refractivity contribution is -0.173. The predicted octanol–water partition coefficient (Wildman–Crippen LogP) is 18.7. The molecule has 4 atom stereocenters. The van der Waals surface area contributed by atoms with E-state index in [2.05, 4.69) is 88.3 Å². The average Bonchev–Trinajstić information content (AvgIpc) is 1.61. The second kappa shape index (κ2) is 35.4. The Balaban J connectivity index is 0.000000140. The van der Waals surface area contributed by atoms with Crippen molar-refractivity contribution < 1.29 is 37.1 Å². The van der Waals surface area contributed by atoms with Crippen LogP contribution >= 0.6 is 68.8 Å². The molecule has 0 radical (unpaired) electrons. The third kappa shape index (κ3) is 19.1. The van der Waals surface area contributed by atoms with Gasteiger partial charge in [-0.05, 0) is 170 Å². The van der Waals surface area contributed by atoms with Gasteiger partial charge in [-0.15, -0.1) is 74.8 Å². The van der Waals surface area contributed by atoms with Crippen LogP contribution in [-0.2, 0) is 23.9 Å². The van der Waals surface area contributed by atoms with Crippen LogP contribution in [0.3, 0.4) is 0 Å². The van der Waals surface area contributed by atoms with Crippen molar-refractivity contribution in [3.05, 3.63) is 265 Å². The van der Waals surface area contributed by atoms with Crippen molar-refractivity contribution in [2.75, 3.05) is 13.1 Å². The van der Waals surface area contributed by atoms with Crippen LogP contribution < -0.4 is 16.0 Å². The number of carbonyl (C=O) groups is 4. The van der Waals surface area contributed by atoms with E-state index in [1.165, 1.54) is 32.2 Å². The number of aliphatic imine (C=N–C) groups is 4. The van der Waals surface area contributed by atoms with Gasteiger partial charge in [-0.1, -0.05) is 141 Å². The second-order valence-corrected chi connectivity index (χ2v) is 37.9. The van der Waals surface area contributed by atoms with Gasteiger partial charge in [-0.3, -0.25) is 57.4 Å². The number of thiophene rings is 3. The molecule has 0 saturated carbocycles. The van der Waals surface area contributed by atoms with Gasteiger partial charge in [0.15, 0.2) is 23.3 Å². The van der Waals surface area contributed by atoms with Crippen LogP contribution in [0, 0.1) is 74.7 Å². The number of alkyl halides is 3. The number of nitrogens with zero attached hydrogens (tertiary/aromatic N) is 16. The van der Waals surface area contributed by atoms with Crippen molar-refractivity contribution in [3.8, 4) is 20.7 Å².